The Bertz CT molecular complexity index is 1060. The van der Waals surface area contributed by atoms with E-state index in [0.29, 0.717) is 10.9 Å². The van der Waals surface area contributed by atoms with Gasteiger partial charge in [-0.3, -0.25) is 9.78 Å². The minimum absolute atomic E-state index is 0.0231. The number of benzene rings is 1. The minimum Gasteiger partial charge on any atom is -0.497 e. The molecular formula is C22H25N5O3S. The average Bonchev–Trinajstić information content (AvgIpc) is 3.44. The van der Waals surface area contributed by atoms with Crippen LogP contribution in [0.15, 0.2) is 47.9 Å². The smallest absolute Gasteiger partial charge is 0.233 e. The standard InChI is InChI=1S/C22H25N5O3S/c1-26-21(15-8-10-23-11-9-15)24-25-22(26)31-14-20(28)27-12-4-5-18(27)17-13-16(29-2)6-7-19(17)30-3/h6-11,13,18H,4-5,12,14H2,1-3H3. The summed E-state index contributed by atoms with van der Waals surface area (Å²) < 4.78 is 12.8. The number of aromatic nitrogens is 4. The molecular weight excluding hydrogens is 414 g/mol. The van der Waals surface area contributed by atoms with E-state index in [1.807, 2.05) is 46.8 Å². The molecule has 8 nitrogen and oxygen atoms in total. The Labute approximate surface area is 185 Å². The first kappa shape index (κ1) is 21.2. The summed E-state index contributed by atoms with van der Waals surface area (Å²) in [4.78, 5) is 19.1. The molecule has 1 aromatic carbocycles. The number of amides is 1. The zero-order valence-electron chi connectivity index (χ0n) is 17.8. The molecule has 1 unspecified atom stereocenters. The van der Waals surface area contributed by atoms with Gasteiger partial charge in [0.15, 0.2) is 11.0 Å². The van der Waals surface area contributed by atoms with Crippen molar-refractivity contribution in [3.8, 4) is 22.9 Å². The topological polar surface area (TPSA) is 82.4 Å². The van der Waals surface area contributed by atoms with Gasteiger partial charge in [0.05, 0.1) is 26.0 Å². The third-order valence-electron chi connectivity index (χ3n) is 5.47. The van der Waals surface area contributed by atoms with Crippen LogP contribution in [0.4, 0.5) is 0 Å². The average molecular weight is 440 g/mol. The summed E-state index contributed by atoms with van der Waals surface area (Å²) in [6.45, 7) is 0.728. The number of hydrogen-bond donors (Lipinski definition) is 0. The lowest BCUT2D eigenvalue weighted by Crippen LogP contribution is -2.32. The van der Waals surface area contributed by atoms with E-state index < -0.39 is 0 Å². The molecule has 1 aliphatic rings. The van der Waals surface area contributed by atoms with E-state index in [4.69, 9.17) is 9.47 Å². The summed E-state index contributed by atoms with van der Waals surface area (Å²) in [5.74, 6) is 2.65. The molecule has 0 bridgehead atoms. The first-order valence-corrected chi connectivity index (χ1v) is 11.0. The predicted molar refractivity (Wildman–Crippen MR) is 118 cm³/mol. The molecule has 31 heavy (non-hydrogen) atoms. The van der Waals surface area contributed by atoms with Crippen LogP contribution in [-0.4, -0.2) is 57.1 Å². The summed E-state index contributed by atoms with van der Waals surface area (Å²) >= 11 is 1.40. The van der Waals surface area contributed by atoms with Gasteiger partial charge in [0, 0.05) is 37.1 Å². The Morgan fingerprint density at radius 3 is 2.71 bits per heavy atom. The molecule has 0 radical (unpaired) electrons. The molecule has 4 rings (SSSR count). The van der Waals surface area contributed by atoms with Crippen LogP contribution in [0.25, 0.3) is 11.4 Å². The van der Waals surface area contributed by atoms with Gasteiger partial charge in [-0.25, -0.2) is 0 Å². The Balaban J connectivity index is 1.48. The van der Waals surface area contributed by atoms with E-state index in [9.17, 15) is 4.79 Å². The fourth-order valence-corrected chi connectivity index (χ4v) is 4.69. The van der Waals surface area contributed by atoms with Crippen molar-refractivity contribution >= 4 is 17.7 Å². The number of carbonyl (C=O) groups excluding carboxylic acids is 1. The Kier molecular flexibility index (Phi) is 6.41. The second kappa shape index (κ2) is 9.38. The molecule has 1 fully saturated rings. The summed E-state index contributed by atoms with van der Waals surface area (Å²) in [6.07, 6.45) is 5.30. The van der Waals surface area contributed by atoms with Crippen molar-refractivity contribution in [1.29, 1.82) is 0 Å². The van der Waals surface area contributed by atoms with Crippen molar-refractivity contribution < 1.29 is 14.3 Å². The number of carbonyl (C=O) groups is 1. The van der Waals surface area contributed by atoms with Crippen LogP contribution >= 0.6 is 11.8 Å². The van der Waals surface area contributed by atoms with Crippen LogP contribution in [0.1, 0.15) is 24.4 Å². The van der Waals surface area contributed by atoms with E-state index in [1.54, 1.807) is 26.6 Å². The van der Waals surface area contributed by atoms with Crippen molar-refractivity contribution in [2.45, 2.75) is 24.0 Å². The van der Waals surface area contributed by atoms with Crippen LogP contribution < -0.4 is 9.47 Å². The molecule has 1 aliphatic heterocycles. The van der Waals surface area contributed by atoms with E-state index >= 15 is 0 Å². The summed E-state index contributed by atoms with van der Waals surface area (Å²) in [5.41, 5.74) is 1.92. The van der Waals surface area contributed by atoms with Crippen molar-refractivity contribution in [3.05, 3.63) is 48.3 Å². The number of thioether (sulfide) groups is 1. The monoisotopic (exact) mass is 439 g/mol. The Hall–Kier alpha value is -3.07. The summed E-state index contributed by atoms with van der Waals surface area (Å²) in [5, 5.41) is 9.24. The maximum atomic E-state index is 13.1. The highest BCUT2D eigenvalue weighted by Crippen LogP contribution is 2.39. The highest BCUT2D eigenvalue weighted by Gasteiger charge is 2.32. The number of rotatable bonds is 7. The van der Waals surface area contributed by atoms with Gasteiger partial charge in [0.1, 0.15) is 11.5 Å². The predicted octanol–water partition coefficient (Wildman–Crippen LogP) is 3.35. The zero-order chi connectivity index (χ0) is 21.8. The molecule has 3 aromatic rings. The van der Waals surface area contributed by atoms with Gasteiger partial charge in [-0.05, 0) is 43.2 Å². The molecule has 2 aromatic heterocycles. The number of methoxy groups -OCH3 is 2. The fraction of sp³-hybridized carbons (Fsp3) is 0.364. The second-order valence-corrected chi connectivity index (χ2v) is 8.19. The van der Waals surface area contributed by atoms with Crippen LogP contribution in [0.3, 0.4) is 0 Å². The molecule has 3 heterocycles. The zero-order valence-corrected chi connectivity index (χ0v) is 18.6. The maximum Gasteiger partial charge on any atom is 0.233 e. The van der Waals surface area contributed by atoms with Crippen molar-refractivity contribution in [1.82, 2.24) is 24.6 Å². The summed E-state index contributed by atoms with van der Waals surface area (Å²) in [7, 11) is 5.19. The SMILES string of the molecule is COc1ccc(OC)c(C2CCCN2C(=O)CSc2nnc(-c3ccncc3)n2C)c1. The molecule has 0 N–H and O–H groups in total. The third kappa shape index (κ3) is 4.36. The van der Waals surface area contributed by atoms with Crippen molar-refractivity contribution in [3.63, 3.8) is 0 Å². The van der Waals surface area contributed by atoms with E-state index in [2.05, 4.69) is 15.2 Å². The number of nitrogens with zero attached hydrogens (tertiary/aromatic N) is 5. The van der Waals surface area contributed by atoms with Crippen LogP contribution in [0.2, 0.25) is 0 Å². The highest BCUT2D eigenvalue weighted by molar-refractivity contribution is 7.99. The highest BCUT2D eigenvalue weighted by atomic mass is 32.2. The molecule has 162 valence electrons. The van der Waals surface area contributed by atoms with Gasteiger partial charge >= 0.3 is 0 Å². The lowest BCUT2D eigenvalue weighted by atomic mass is 10.0. The lowest BCUT2D eigenvalue weighted by Gasteiger charge is -2.26. The quantitative estimate of drug-likeness (QED) is 0.522. The Morgan fingerprint density at radius 2 is 1.97 bits per heavy atom. The Morgan fingerprint density at radius 1 is 1.16 bits per heavy atom. The number of pyridine rings is 1. The molecule has 0 saturated carbocycles. The van der Waals surface area contributed by atoms with Crippen LogP contribution in [-0.2, 0) is 11.8 Å². The second-order valence-electron chi connectivity index (χ2n) is 7.24. The van der Waals surface area contributed by atoms with Crippen molar-refractivity contribution in [2.75, 3.05) is 26.5 Å². The maximum absolute atomic E-state index is 13.1. The van der Waals surface area contributed by atoms with Crippen molar-refractivity contribution in [2.24, 2.45) is 7.05 Å². The molecule has 9 heteroatoms. The number of ether oxygens (including phenoxy) is 2. The normalized spacial score (nSPS) is 15.8. The van der Waals surface area contributed by atoms with Crippen LogP contribution in [0, 0.1) is 0 Å². The van der Waals surface area contributed by atoms with E-state index in [1.165, 1.54) is 11.8 Å². The first-order chi connectivity index (χ1) is 15.1. The lowest BCUT2D eigenvalue weighted by molar-refractivity contribution is -0.129. The largest absolute Gasteiger partial charge is 0.497 e. The minimum atomic E-state index is -0.0231. The van der Waals surface area contributed by atoms with Crippen LogP contribution in [0.5, 0.6) is 11.5 Å². The molecule has 1 amide bonds. The molecule has 1 saturated heterocycles. The van der Waals surface area contributed by atoms with Gasteiger partial charge in [-0.1, -0.05) is 11.8 Å². The number of likely N-dealkylation sites (tertiary alicyclic amines) is 1. The van der Waals surface area contributed by atoms with Gasteiger partial charge in [-0.2, -0.15) is 0 Å². The molecule has 0 aliphatic carbocycles. The van der Waals surface area contributed by atoms with Gasteiger partial charge < -0.3 is 18.9 Å². The molecule has 1 atom stereocenters. The fourth-order valence-electron chi connectivity index (χ4n) is 3.89. The van der Waals surface area contributed by atoms with E-state index in [0.717, 1.165) is 47.8 Å². The van der Waals surface area contributed by atoms with Gasteiger partial charge in [0.25, 0.3) is 0 Å². The third-order valence-corrected chi connectivity index (χ3v) is 6.47. The van der Waals surface area contributed by atoms with Gasteiger partial charge in [-0.15, -0.1) is 10.2 Å². The summed E-state index contributed by atoms with van der Waals surface area (Å²) in [6, 6.07) is 9.48. The number of hydrogen-bond acceptors (Lipinski definition) is 7. The van der Waals surface area contributed by atoms with Gasteiger partial charge in [0.2, 0.25) is 5.91 Å². The molecule has 0 spiro atoms. The van der Waals surface area contributed by atoms with E-state index in [-0.39, 0.29) is 11.9 Å². The first-order valence-electron chi connectivity index (χ1n) is 10.1.